The molecule has 0 unspecified atom stereocenters. The van der Waals surface area contributed by atoms with E-state index in [0.717, 1.165) is 44.7 Å². The Kier molecular flexibility index (Phi) is 5.56. The van der Waals surface area contributed by atoms with Crippen LogP contribution in [0.1, 0.15) is 38.2 Å². The molecule has 1 aliphatic heterocycles. The molecular formula is C16H22N4O. The summed E-state index contributed by atoms with van der Waals surface area (Å²) >= 11 is 0. The standard InChI is InChI=1S/C16H22N4O/c1-2-4-15(21)19-12-13-6-9-20(10-7-13)16-14(11-17)5-3-8-18-16/h3,5,8,13H,2,4,6-7,9-10,12H2,1H3,(H,19,21). The maximum absolute atomic E-state index is 11.5. The molecular weight excluding hydrogens is 264 g/mol. The van der Waals surface area contributed by atoms with Gasteiger partial charge in [-0.05, 0) is 37.3 Å². The molecule has 5 nitrogen and oxygen atoms in total. The highest BCUT2D eigenvalue weighted by Crippen LogP contribution is 2.23. The van der Waals surface area contributed by atoms with Crippen LogP contribution >= 0.6 is 0 Å². The Hall–Kier alpha value is -2.09. The predicted molar refractivity (Wildman–Crippen MR) is 81.8 cm³/mol. The van der Waals surface area contributed by atoms with Crippen molar-refractivity contribution >= 4 is 11.7 Å². The molecule has 1 aromatic rings. The van der Waals surface area contributed by atoms with Gasteiger partial charge in [0.25, 0.3) is 0 Å². The van der Waals surface area contributed by atoms with E-state index >= 15 is 0 Å². The molecule has 1 fully saturated rings. The van der Waals surface area contributed by atoms with Crippen molar-refractivity contribution in [3.8, 4) is 6.07 Å². The SMILES string of the molecule is CCCC(=O)NCC1CCN(c2ncccc2C#N)CC1. The van der Waals surface area contributed by atoms with Crippen LogP contribution in [0.25, 0.3) is 0 Å². The van der Waals surface area contributed by atoms with Crippen LogP contribution < -0.4 is 10.2 Å². The predicted octanol–water partition coefficient (Wildman–Crippen LogP) is 2.09. The van der Waals surface area contributed by atoms with Crippen LogP contribution in [0.3, 0.4) is 0 Å². The Labute approximate surface area is 126 Å². The van der Waals surface area contributed by atoms with Crippen molar-refractivity contribution in [1.29, 1.82) is 5.26 Å². The third-order valence-electron chi connectivity index (χ3n) is 3.89. The van der Waals surface area contributed by atoms with Crippen LogP contribution in [0.2, 0.25) is 0 Å². The molecule has 0 aromatic carbocycles. The van der Waals surface area contributed by atoms with Gasteiger partial charge in [0.05, 0.1) is 5.56 Å². The van der Waals surface area contributed by atoms with Gasteiger partial charge in [0.15, 0.2) is 0 Å². The average Bonchev–Trinajstić information content (AvgIpc) is 2.54. The average molecular weight is 286 g/mol. The number of hydrogen-bond donors (Lipinski definition) is 1. The van der Waals surface area contributed by atoms with Gasteiger partial charge in [-0.15, -0.1) is 0 Å². The van der Waals surface area contributed by atoms with E-state index in [9.17, 15) is 4.79 Å². The number of piperidine rings is 1. The molecule has 0 radical (unpaired) electrons. The van der Waals surface area contributed by atoms with E-state index in [1.807, 2.05) is 6.92 Å². The minimum Gasteiger partial charge on any atom is -0.356 e. The summed E-state index contributed by atoms with van der Waals surface area (Å²) in [4.78, 5) is 18.0. The number of nitrogens with zero attached hydrogens (tertiary/aromatic N) is 3. The lowest BCUT2D eigenvalue weighted by molar-refractivity contribution is -0.121. The second-order valence-electron chi connectivity index (χ2n) is 5.47. The first kappa shape index (κ1) is 15.3. The summed E-state index contributed by atoms with van der Waals surface area (Å²) in [5.41, 5.74) is 0.632. The third-order valence-corrected chi connectivity index (χ3v) is 3.89. The highest BCUT2D eigenvalue weighted by Gasteiger charge is 2.22. The fraction of sp³-hybridized carbons (Fsp3) is 0.562. The van der Waals surface area contributed by atoms with Crippen LogP contribution in [0, 0.1) is 17.2 Å². The summed E-state index contributed by atoms with van der Waals surface area (Å²) in [6.07, 6.45) is 5.27. The van der Waals surface area contributed by atoms with E-state index in [2.05, 4.69) is 21.3 Å². The number of nitrogens with one attached hydrogen (secondary N) is 1. The second kappa shape index (κ2) is 7.63. The molecule has 2 rings (SSSR count). The number of pyridine rings is 1. The number of nitriles is 1. The summed E-state index contributed by atoms with van der Waals surface area (Å²) < 4.78 is 0. The van der Waals surface area contributed by atoms with Gasteiger partial charge in [-0.2, -0.15) is 5.26 Å². The van der Waals surface area contributed by atoms with Crippen molar-refractivity contribution in [2.24, 2.45) is 5.92 Å². The van der Waals surface area contributed by atoms with E-state index in [4.69, 9.17) is 5.26 Å². The van der Waals surface area contributed by atoms with Gasteiger partial charge >= 0.3 is 0 Å². The molecule has 1 amide bonds. The van der Waals surface area contributed by atoms with Crippen molar-refractivity contribution in [2.75, 3.05) is 24.5 Å². The fourth-order valence-electron chi connectivity index (χ4n) is 2.66. The molecule has 21 heavy (non-hydrogen) atoms. The Morgan fingerprint density at radius 2 is 2.29 bits per heavy atom. The van der Waals surface area contributed by atoms with Crippen LogP contribution in [-0.2, 0) is 4.79 Å². The van der Waals surface area contributed by atoms with E-state index in [-0.39, 0.29) is 5.91 Å². The van der Waals surface area contributed by atoms with Gasteiger partial charge in [0, 0.05) is 32.3 Å². The highest BCUT2D eigenvalue weighted by atomic mass is 16.1. The molecule has 1 aromatic heterocycles. The van der Waals surface area contributed by atoms with Crippen molar-refractivity contribution in [2.45, 2.75) is 32.6 Å². The van der Waals surface area contributed by atoms with Gasteiger partial charge in [0.2, 0.25) is 5.91 Å². The molecule has 1 N–H and O–H groups in total. The monoisotopic (exact) mass is 286 g/mol. The molecule has 5 heteroatoms. The first-order chi connectivity index (χ1) is 10.2. The Balaban J connectivity index is 1.83. The van der Waals surface area contributed by atoms with Crippen LogP contribution in [-0.4, -0.2) is 30.5 Å². The number of anilines is 1. The minimum atomic E-state index is 0.149. The van der Waals surface area contributed by atoms with E-state index in [1.165, 1.54) is 0 Å². The molecule has 0 saturated carbocycles. The van der Waals surface area contributed by atoms with E-state index in [0.29, 0.717) is 17.9 Å². The van der Waals surface area contributed by atoms with Gasteiger partial charge in [-0.1, -0.05) is 6.92 Å². The molecule has 112 valence electrons. The van der Waals surface area contributed by atoms with Crippen LogP contribution in [0.5, 0.6) is 0 Å². The summed E-state index contributed by atoms with van der Waals surface area (Å²) in [5.74, 6) is 1.46. The normalized spacial score (nSPS) is 15.5. The molecule has 0 atom stereocenters. The van der Waals surface area contributed by atoms with Gasteiger partial charge < -0.3 is 10.2 Å². The fourth-order valence-corrected chi connectivity index (χ4v) is 2.66. The van der Waals surface area contributed by atoms with Crippen LogP contribution in [0.15, 0.2) is 18.3 Å². The smallest absolute Gasteiger partial charge is 0.219 e. The summed E-state index contributed by atoms with van der Waals surface area (Å²) in [7, 11) is 0. The molecule has 1 saturated heterocycles. The number of rotatable bonds is 5. The maximum atomic E-state index is 11.5. The lowest BCUT2D eigenvalue weighted by Gasteiger charge is -2.33. The Morgan fingerprint density at radius 1 is 1.52 bits per heavy atom. The largest absolute Gasteiger partial charge is 0.356 e. The minimum absolute atomic E-state index is 0.149. The van der Waals surface area contributed by atoms with Gasteiger partial charge in [0.1, 0.15) is 11.9 Å². The van der Waals surface area contributed by atoms with E-state index in [1.54, 1.807) is 18.3 Å². The number of aromatic nitrogens is 1. The zero-order valence-corrected chi connectivity index (χ0v) is 12.5. The maximum Gasteiger partial charge on any atom is 0.219 e. The lowest BCUT2D eigenvalue weighted by Crippen LogP contribution is -2.39. The van der Waals surface area contributed by atoms with Crippen molar-refractivity contribution < 1.29 is 4.79 Å². The Morgan fingerprint density at radius 3 is 2.95 bits per heavy atom. The third kappa shape index (κ3) is 4.19. The van der Waals surface area contributed by atoms with Crippen LogP contribution in [0.4, 0.5) is 5.82 Å². The number of carbonyl (C=O) groups excluding carboxylic acids is 1. The Bertz CT molecular complexity index is 515. The summed E-state index contributed by atoms with van der Waals surface area (Å²) in [6, 6.07) is 5.79. The quantitative estimate of drug-likeness (QED) is 0.900. The van der Waals surface area contributed by atoms with Gasteiger partial charge in [-0.3, -0.25) is 4.79 Å². The number of carbonyl (C=O) groups is 1. The van der Waals surface area contributed by atoms with Crippen molar-refractivity contribution in [3.05, 3.63) is 23.9 Å². The first-order valence-electron chi connectivity index (χ1n) is 7.61. The lowest BCUT2D eigenvalue weighted by atomic mass is 9.96. The van der Waals surface area contributed by atoms with Crippen molar-refractivity contribution in [3.63, 3.8) is 0 Å². The highest BCUT2D eigenvalue weighted by molar-refractivity contribution is 5.75. The summed E-state index contributed by atoms with van der Waals surface area (Å²) in [6.45, 7) is 4.55. The second-order valence-corrected chi connectivity index (χ2v) is 5.47. The molecule has 0 aliphatic carbocycles. The molecule has 0 spiro atoms. The molecule has 1 aliphatic rings. The molecule has 2 heterocycles. The number of hydrogen-bond acceptors (Lipinski definition) is 4. The molecule has 0 bridgehead atoms. The first-order valence-corrected chi connectivity index (χ1v) is 7.61. The van der Waals surface area contributed by atoms with E-state index < -0.39 is 0 Å². The zero-order valence-electron chi connectivity index (χ0n) is 12.5. The summed E-state index contributed by atoms with van der Waals surface area (Å²) in [5, 5.41) is 12.1. The van der Waals surface area contributed by atoms with Gasteiger partial charge in [-0.25, -0.2) is 4.98 Å². The van der Waals surface area contributed by atoms with Crippen molar-refractivity contribution in [1.82, 2.24) is 10.3 Å². The zero-order chi connectivity index (χ0) is 15.1. The number of amides is 1. The topological polar surface area (TPSA) is 69.0 Å².